The summed E-state index contributed by atoms with van der Waals surface area (Å²) >= 11 is 0. The van der Waals surface area contributed by atoms with Crippen LogP contribution in [0.15, 0.2) is 12.3 Å². The molecule has 5 nitrogen and oxygen atoms in total. The lowest BCUT2D eigenvalue weighted by molar-refractivity contribution is 0.0867. The molecule has 20 heavy (non-hydrogen) atoms. The van der Waals surface area contributed by atoms with Gasteiger partial charge in [0, 0.05) is 45.0 Å². The van der Waals surface area contributed by atoms with Gasteiger partial charge < -0.3 is 10.6 Å². The van der Waals surface area contributed by atoms with E-state index in [1.54, 1.807) is 0 Å². The first-order valence-corrected chi connectivity index (χ1v) is 7.84. The van der Waals surface area contributed by atoms with Gasteiger partial charge in [-0.2, -0.15) is 5.10 Å². The zero-order chi connectivity index (χ0) is 14.5. The number of hydrogen-bond donors (Lipinski definition) is 1. The van der Waals surface area contributed by atoms with Crippen molar-refractivity contribution in [3.63, 3.8) is 0 Å². The van der Waals surface area contributed by atoms with Gasteiger partial charge in [0.1, 0.15) is 0 Å². The van der Waals surface area contributed by atoms with E-state index in [0.29, 0.717) is 12.1 Å². The van der Waals surface area contributed by atoms with Gasteiger partial charge in [-0.05, 0) is 26.0 Å². The Hall–Kier alpha value is -0.910. The molecule has 0 saturated carbocycles. The Balaban J connectivity index is 1.99. The first-order chi connectivity index (χ1) is 9.67. The number of piperazine rings is 1. The van der Waals surface area contributed by atoms with E-state index < -0.39 is 0 Å². The normalized spacial score (nSPS) is 21.8. The maximum atomic E-state index is 5.91. The molecule has 0 aromatic carbocycles. The van der Waals surface area contributed by atoms with Gasteiger partial charge in [-0.25, -0.2) is 0 Å². The summed E-state index contributed by atoms with van der Waals surface area (Å²) in [4.78, 5) is 4.83. The van der Waals surface area contributed by atoms with Crippen LogP contribution in [0.3, 0.4) is 0 Å². The topological polar surface area (TPSA) is 50.3 Å². The molecule has 0 bridgehead atoms. The Bertz CT molecular complexity index is 399. The summed E-state index contributed by atoms with van der Waals surface area (Å²) < 4.78 is 2.13. The Kier molecular flexibility index (Phi) is 5.57. The monoisotopic (exact) mass is 279 g/mol. The molecule has 1 aromatic rings. The molecule has 2 heterocycles. The minimum absolute atomic E-state index is 0.451. The van der Waals surface area contributed by atoms with Crippen LogP contribution in [-0.4, -0.2) is 58.8 Å². The van der Waals surface area contributed by atoms with E-state index in [0.717, 1.165) is 45.6 Å². The summed E-state index contributed by atoms with van der Waals surface area (Å²) in [6.45, 7) is 9.34. The summed E-state index contributed by atoms with van der Waals surface area (Å²) in [5.41, 5.74) is 7.08. The van der Waals surface area contributed by atoms with Crippen LogP contribution < -0.4 is 5.73 Å². The van der Waals surface area contributed by atoms with Crippen LogP contribution in [0.5, 0.6) is 0 Å². The third-order valence-electron chi connectivity index (χ3n) is 4.43. The highest BCUT2D eigenvalue weighted by Crippen LogP contribution is 2.16. The average molecular weight is 279 g/mol. The fourth-order valence-electron chi connectivity index (χ4n) is 3.02. The smallest absolute Gasteiger partial charge is 0.0765 e. The van der Waals surface area contributed by atoms with Crippen LogP contribution in [0, 0.1) is 0 Å². The van der Waals surface area contributed by atoms with Crippen LogP contribution in [0.2, 0.25) is 0 Å². The second-order valence-corrected chi connectivity index (χ2v) is 5.88. The van der Waals surface area contributed by atoms with Gasteiger partial charge in [0.15, 0.2) is 0 Å². The molecule has 0 spiro atoms. The number of aromatic nitrogens is 2. The zero-order valence-electron chi connectivity index (χ0n) is 13.1. The molecular weight excluding hydrogens is 250 g/mol. The molecule has 1 fully saturated rings. The Labute approximate surface area is 122 Å². The fraction of sp³-hybridized carbons (Fsp3) is 0.800. The van der Waals surface area contributed by atoms with E-state index >= 15 is 0 Å². The lowest BCUT2D eigenvalue weighted by atomic mass is 10.1. The molecule has 0 amide bonds. The third kappa shape index (κ3) is 3.59. The first-order valence-electron chi connectivity index (χ1n) is 7.84. The summed E-state index contributed by atoms with van der Waals surface area (Å²) in [6, 6.07) is 3.14. The SMILES string of the molecule is CCC(CC)n1ccc(CN2CCN(C)CC2CN)n1. The van der Waals surface area contributed by atoms with Gasteiger partial charge in [-0.15, -0.1) is 0 Å². The third-order valence-corrected chi connectivity index (χ3v) is 4.43. The van der Waals surface area contributed by atoms with Crippen molar-refractivity contribution in [1.82, 2.24) is 19.6 Å². The highest BCUT2D eigenvalue weighted by molar-refractivity contribution is 5.01. The molecule has 1 aliphatic heterocycles. The second kappa shape index (κ2) is 7.20. The largest absolute Gasteiger partial charge is 0.329 e. The number of rotatable bonds is 6. The molecule has 1 saturated heterocycles. The van der Waals surface area contributed by atoms with E-state index in [9.17, 15) is 0 Å². The minimum Gasteiger partial charge on any atom is -0.329 e. The maximum absolute atomic E-state index is 5.91. The van der Waals surface area contributed by atoms with Crippen molar-refractivity contribution in [2.24, 2.45) is 5.73 Å². The van der Waals surface area contributed by atoms with Crippen molar-refractivity contribution in [1.29, 1.82) is 0 Å². The van der Waals surface area contributed by atoms with Crippen molar-refractivity contribution < 1.29 is 0 Å². The molecule has 2 rings (SSSR count). The first kappa shape index (κ1) is 15.5. The standard InChI is InChI=1S/C15H29N5/c1-4-14(5-2)20-7-6-13(17-20)11-19-9-8-18(3)12-15(19)10-16/h6-7,14-15H,4-5,8-12,16H2,1-3H3. The van der Waals surface area contributed by atoms with Gasteiger partial charge in [0.25, 0.3) is 0 Å². The minimum atomic E-state index is 0.451. The Morgan fingerprint density at radius 1 is 1.35 bits per heavy atom. The lowest BCUT2D eigenvalue weighted by Crippen LogP contribution is -2.54. The van der Waals surface area contributed by atoms with Crippen LogP contribution in [-0.2, 0) is 6.54 Å². The van der Waals surface area contributed by atoms with E-state index in [-0.39, 0.29) is 0 Å². The molecule has 5 heteroatoms. The molecule has 0 aliphatic carbocycles. The molecular formula is C15H29N5. The van der Waals surface area contributed by atoms with Gasteiger partial charge in [0.2, 0.25) is 0 Å². The fourth-order valence-corrected chi connectivity index (χ4v) is 3.02. The van der Waals surface area contributed by atoms with Crippen molar-refractivity contribution in [3.8, 4) is 0 Å². The van der Waals surface area contributed by atoms with Crippen LogP contribution in [0.25, 0.3) is 0 Å². The number of nitrogens with two attached hydrogens (primary N) is 1. The maximum Gasteiger partial charge on any atom is 0.0765 e. The Morgan fingerprint density at radius 2 is 2.10 bits per heavy atom. The number of hydrogen-bond acceptors (Lipinski definition) is 4. The molecule has 1 unspecified atom stereocenters. The van der Waals surface area contributed by atoms with Crippen LogP contribution >= 0.6 is 0 Å². The van der Waals surface area contributed by atoms with Gasteiger partial charge in [-0.1, -0.05) is 13.8 Å². The summed E-state index contributed by atoms with van der Waals surface area (Å²) in [7, 11) is 2.17. The van der Waals surface area contributed by atoms with E-state index in [4.69, 9.17) is 10.8 Å². The molecule has 2 N–H and O–H groups in total. The predicted molar refractivity (Wildman–Crippen MR) is 82.6 cm³/mol. The summed E-state index contributed by atoms with van der Waals surface area (Å²) in [6.07, 6.45) is 4.40. The average Bonchev–Trinajstić information content (AvgIpc) is 2.90. The zero-order valence-corrected chi connectivity index (χ0v) is 13.1. The highest BCUT2D eigenvalue weighted by atomic mass is 15.3. The number of nitrogens with zero attached hydrogens (tertiary/aromatic N) is 4. The van der Waals surface area contributed by atoms with Crippen molar-refractivity contribution in [3.05, 3.63) is 18.0 Å². The summed E-state index contributed by atoms with van der Waals surface area (Å²) in [5.74, 6) is 0. The van der Waals surface area contributed by atoms with E-state index in [1.807, 2.05) is 0 Å². The Morgan fingerprint density at radius 3 is 2.75 bits per heavy atom. The summed E-state index contributed by atoms with van der Waals surface area (Å²) in [5, 5.41) is 4.75. The lowest BCUT2D eigenvalue weighted by Gasteiger charge is -2.39. The van der Waals surface area contributed by atoms with Crippen molar-refractivity contribution in [2.75, 3.05) is 33.2 Å². The molecule has 114 valence electrons. The van der Waals surface area contributed by atoms with Gasteiger partial charge in [-0.3, -0.25) is 9.58 Å². The van der Waals surface area contributed by atoms with Crippen molar-refractivity contribution >= 4 is 0 Å². The molecule has 1 aliphatic rings. The second-order valence-electron chi connectivity index (χ2n) is 5.88. The number of likely N-dealkylation sites (N-methyl/N-ethyl adjacent to an activating group) is 1. The highest BCUT2D eigenvalue weighted by Gasteiger charge is 2.24. The van der Waals surface area contributed by atoms with Crippen LogP contribution in [0.4, 0.5) is 0 Å². The van der Waals surface area contributed by atoms with Gasteiger partial charge in [0.05, 0.1) is 11.7 Å². The van der Waals surface area contributed by atoms with Crippen LogP contribution in [0.1, 0.15) is 38.4 Å². The van der Waals surface area contributed by atoms with E-state index in [1.165, 1.54) is 5.69 Å². The van der Waals surface area contributed by atoms with Crippen molar-refractivity contribution in [2.45, 2.75) is 45.3 Å². The molecule has 1 atom stereocenters. The van der Waals surface area contributed by atoms with Gasteiger partial charge >= 0.3 is 0 Å². The predicted octanol–water partition coefficient (Wildman–Crippen LogP) is 1.32. The molecule has 1 aromatic heterocycles. The van der Waals surface area contributed by atoms with E-state index in [2.05, 4.69) is 47.6 Å². The molecule has 0 radical (unpaired) electrons. The quantitative estimate of drug-likeness (QED) is 0.853.